The summed E-state index contributed by atoms with van der Waals surface area (Å²) in [6.45, 7) is 1.21. The summed E-state index contributed by atoms with van der Waals surface area (Å²) in [4.78, 5) is 4.88. The van der Waals surface area contributed by atoms with E-state index in [4.69, 9.17) is 20.0 Å². The molecule has 0 saturated heterocycles. The molecule has 0 aliphatic carbocycles. The van der Waals surface area contributed by atoms with Gasteiger partial charge in [0.15, 0.2) is 0 Å². The van der Waals surface area contributed by atoms with Gasteiger partial charge in [0.1, 0.15) is 12.0 Å². The van der Waals surface area contributed by atoms with Crippen LogP contribution in [-0.4, -0.2) is 33.6 Å². The molecule has 1 aromatic rings. The van der Waals surface area contributed by atoms with E-state index >= 15 is 0 Å². The number of hydroxylamine groups is 1. The number of benzene rings is 1. The van der Waals surface area contributed by atoms with E-state index in [2.05, 4.69) is 37.3 Å². The Bertz CT molecular complexity index is 396. The SMILES string of the molecule is CONC(Cc1cc(Br)c(OCCCN)c(Br)c1)OC. The van der Waals surface area contributed by atoms with Gasteiger partial charge in [0.05, 0.1) is 22.7 Å². The van der Waals surface area contributed by atoms with Crippen LogP contribution >= 0.6 is 31.9 Å². The molecule has 1 aromatic carbocycles. The molecule has 0 aromatic heterocycles. The summed E-state index contributed by atoms with van der Waals surface area (Å²) in [5.41, 5.74) is 9.32. The molecule has 0 fully saturated rings. The molecular weight excluding hydrogens is 392 g/mol. The number of nitrogens with two attached hydrogens (primary N) is 1. The van der Waals surface area contributed by atoms with Gasteiger partial charge in [-0.15, -0.1) is 0 Å². The van der Waals surface area contributed by atoms with Gasteiger partial charge in [-0.1, -0.05) is 0 Å². The fraction of sp³-hybridized carbons (Fsp3) is 0.538. The van der Waals surface area contributed by atoms with Crippen LogP contribution < -0.4 is 16.0 Å². The molecular formula is C13H20Br2N2O3. The van der Waals surface area contributed by atoms with Crippen LogP contribution in [0.15, 0.2) is 21.1 Å². The molecule has 3 N–H and O–H groups in total. The molecule has 0 heterocycles. The second-order valence-corrected chi connectivity index (χ2v) is 5.84. The summed E-state index contributed by atoms with van der Waals surface area (Å²) in [5.74, 6) is 0.788. The van der Waals surface area contributed by atoms with Gasteiger partial charge in [-0.05, 0) is 62.5 Å². The van der Waals surface area contributed by atoms with Crippen LogP contribution in [0.4, 0.5) is 0 Å². The van der Waals surface area contributed by atoms with Crippen molar-refractivity contribution in [3.05, 3.63) is 26.6 Å². The van der Waals surface area contributed by atoms with Crippen LogP contribution in [-0.2, 0) is 16.0 Å². The molecule has 1 unspecified atom stereocenters. The lowest BCUT2D eigenvalue weighted by Crippen LogP contribution is -2.31. The molecule has 0 amide bonds. The molecule has 0 aliphatic rings. The van der Waals surface area contributed by atoms with Crippen molar-refractivity contribution < 1.29 is 14.3 Å². The molecule has 0 radical (unpaired) electrons. The summed E-state index contributed by atoms with van der Waals surface area (Å²) in [6.07, 6.45) is 1.29. The normalized spacial score (nSPS) is 12.4. The second kappa shape index (κ2) is 9.70. The van der Waals surface area contributed by atoms with Crippen molar-refractivity contribution in [2.75, 3.05) is 27.4 Å². The first kappa shape index (κ1) is 17.9. The van der Waals surface area contributed by atoms with Crippen LogP contribution in [0.2, 0.25) is 0 Å². The van der Waals surface area contributed by atoms with Gasteiger partial charge in [-0.2, -0.15) is 5.48 Å². The maximum atomic E-state index is 5.70. The summed E-state index contributed by atoms with van der Waals surface area (Å²) < 4.78 is 12.8. The zero-order chi connectivity index (χ0) is 15.0. The van der Waals surface area contributed by atoms with Gasteiger partial charge >= 0.3 is 0 Å². The highest BCUT2D eigenvalue weighted by Crippen LogP contribution is 2.35. The van der Waals surface area contributed by atoms with E-state index in [1.807, 2.05) is 12.1 Å². The Morgan fingerprint density at radius 3 is 2.40 bits per heavy atom. The Labute approximate surface area is 136 Å². The molecule has 5 nitrogen and oxygen atoms in total. The largest absolute Gasteiger partial charge is 0.491 e. The maximum Gasteiger partial charge on any atom is 0.147 e. The van der Waals surface area contributed by atoms with Crippen LogP contribution in [0.1, 0.15) is 12.0 Å². The lowest BCUT2D eigenvalue weighted by molar-refractivity contribution is -0.0525. The Hall–Kier alpha value is -0.180. The standard InChI is InChI=1S/C13H20Br2N2O3/c1-18-12(17-19-2)8-9-6-10(14)13(11(15)7-9)20-5-3-4-16/h6-7,12,17H,3-5,8,16H2,1-2H3. The van der Waals surface area contributed by atoms with E-state index in [-0.39, 0.29) is 6.23 Å². The molecule has 114 valence electrons. The van der Waals surface area contributed by atoms with Gasteiger partial charge in [0.2, 0.25) is 0 Å². The van der Waals surface area contributed by atoms with Crippen LogP contribution in [0.25, 0.3) is 0 Å². The van der Waals surface area contributed by atoms with Crippen LogP contribution in [0, 0.1) is 0 Å². The van der Waals surface area contributed by atoms with Gasteiger partial charge in [0.25, 0.3) is 0 Å². The van der Waals surface area contributed by atoms with Crippen molar-refractivity contribution in [1.29, 1.82) is 0 Å². The lowest BCUT2D eigenvalue weighted by atomic mass is 10.1. The number of halogens is 2. The summed E-state index contributed by atoms with van der Waals surface area (Å²) in [5, 5.41) is 0. The highest BCUT2D eigenvalue weighted by molar-refractivity contribution is 9.11. The Morgan fingerprint density at radius 2 is 1.90 bits per heavy atom. The van der Waals surface area contributed by atoms with Crippen LogP contribution in [0.5, 0.6) is 5.75 Å². The van der Waals surface area contributed by atoms with E-state index in [9.17, 15) is 0 Å². The first-order valence-corrected chi connectivity index (χ1v) is 7.83. The summed E-state index contributed by atoms with van der Waals surface area (Å²) in [7, 11) is 3.19. The van der Waals surface area contributed by atoms with E-state index < -0.39 is 0 Å². The fourth-order valence-corrected chi connectivity index (χ4v) is 3.15. The van der Waals surface area contributed by atoms with Crippen LogP contribution in [0.3, 0.4) is 0 Å². The minimum Gasteiger partial charge on any atom is -0.491 e. The first-order valence-electron chi connectivity index (χ1n) is 6.24. The first-order chi connectivity index (χ1) is 9.62. The van der Waals surface area contributed by atoms with E-state index in [1.165, 1.54) is 0 Å². The number of hydrogen-bond acceptors (Lipinski definition) is 5. The maximum absolute atomic E-state index is 5.70. The zero-order valence-electron chi connectivity index (χ0n) is 11.6. The third-order valence-electron chi connectivity index (χ3n) is 2.61. The lowest BCUT2D eigenvalue weighted by Gasteiger charge is -2.17. The van der Waals surface area contributed by atoms with E-state index in [1.54, 1.807) is 14.2 Å². The number of methoxy groups -OCH3 is 1. The van der Waals surface area contributed by atoms with Gasteiger partial charge in [0, 0.05) is 13.5 Å². The minimum absolute atomic E-state index is 0.206. The smallest absolute Gasteiger partial charge is 0.147 e. The third-order valence-corrected chi connectivity index (χ3v) is 3.79. The predicted molar refractivity (Wildman–Crippen MR) is 85.7 cm³/mol. The molecule has 7 heteroatoms. The minimum atomic E-state index is -0.206. The summed E-state index contributed by atoms with van der Waals surface area (Å²) >= 11 is 7.04. The predicted octanol–water partition coefficient (Wildman–Crippen LogP) is 2.61. The van der Waals surface area contributed by atoms with Crippen molar-refractivity contribution in [3.63, 3.8) is 0 Å². The highest BCUT2D eigenvalue weighted by atomic mass is 79.9. The number of rotatable bonds is 9. The molecule has 0 spiro atoms. The molecule has 0 saturated carbocycles. The van der Waals surface area contributed by atoms with Gasteiger partial charge in [-0.25, -0.2) is 0 Å². The monoisotopic (exact) mass is 410 g/mol. The highest BCUT2D eigenvalue weighted by Gasteiger charge is 2.13. The Balaban J connectivity index is 2.76. The van der Waals surface area contributed by atoms with Gasteiger partial charge in [-0.3, -0.25) is 0 Å². The second-order valence-electron chi connectivity index (χ2n) is 4.13. The average Bonchev–Trinajstić information content (AvgIpc) is 2.41. The molecule has 1 atom stereocenters. The van der Waals surface area contributed by atoms with Gasteiger partial charge < -0.3 is 20.0 Å². The average molecular weight is 412 g/mol. The van der Waals surface area contributed by atoms with Crippen molar-refractivity contribution in [3.8, 4) is 5.75 Å². The molecule has 0 bridgehead atoms. The summed E-state index contributed by atoms with van der Waals surface area (Å²) in [6, 6.07) is 4.01. The quantitative estimate of drug-likeness (QED) is 0.371. The zero-order valence-corrected chi connectivity index (χ0v) is 14.8. The third kappa shape index (κ3) is 5.67. The fourth-order valence-electron chi connectivity index (χ4n) is 1.64. The molecule has 0 aliphatic heterocycles. The van der Waals surface area contributed by atoms with E-state index in [0.717, 1.165) is 26.7 Å². The number of hydrogen-bond donors (Lipinski definition) is 2. The van der Waals surface area contributed by atoms with Crippen molar-refractivity contribution in [2.24, 2.45) is 5.73 Å². The van der Waals surface area contributed by atoms with Crippen molar-refractivity contribution in [2.45, 2.75) is 19.1 Å². The van der Waals surface area contributed by atoms with E-state index in [0.29, 0.717) is 19.6 Å². The number of nitrogens with one attached hydrogen (secondary N) is 1. The Morgan fingerprint density at radius 1 is 1.25 bits per heavy atom. The Kier molecular flexibility index (Phi) is 8.67. The molecule has 20 heavy (non-hydrogen) atoms. The van der Waals surface area contributed by atoms with Crippen molar-refractivity contribution >= 4 is 31.9 Å². The number of ether oxygens (including phenoxy) is 2. The topological polar surface area (TPSA) is 65.7 Å². The molecule has 1 rings (SSSR count). The van der Waals surface area contributed by atoms with Crippen molar-refractivity contribution in [1.82, 2.24) is 5.48 Å².